The van der Waals surface area contributed by atoms with E-state index in [1.54, 1.807) is 0 Å². The van der Waals surface area contributed by atoms with E-state index in [1.165, 1.54) is 24.3 Å². The van der Waals surface area contributed by atoms with Gasteiger partial charge in [0.2, 0.25) is 5.91 Å². The predicted octanol–water partition coefficient (Wildman–Crippen LogP) is 1.25. The first kappa shape index (κ1) is 12.8. The fourth-order valence-electron chi connectivity index (χ4n) is 1.67. The second kappa shape index (κ2) is 7.99. The summed E-state index contributed by atoms with van der Waals surface area (Å²) in [6, 6.07) is 0. The van der Waals surface area contributed by atoms with E-state index in [0.29, 0.717) is 6.54 Å². The molecule has 0 saturated carbocycles. The Morgan fingerprint density at radius 1 is 1.40 bits per heavy atom. The van der Waals surface area contributed by atoms with Crippen LogP contribution in [0.3, 0.4) is 0 Å². The summed E-state index contributed by atoms with van der Waals surface area (Å²) in [6.45, 7) is 4.33. The zero-order valence-electron chi connectivity index (χ0n) is 9.55. The Morgan fingerprint density at radius 2 is 2.13 bits per heavy atom. The summed E-state index contributed by atoms with van der Waals surface area (Å²) < 4.78 is 0. The number of carbonyl (C=O) groups excluding carboxylic acids is 1. The summed E-state index contributed by atoms with van der Waals surface area (Å²) in [4.78, 5) is 11.3. The molecule has 15 heavy (non-hydrogen) atoms. The standard InChI is InChI=1S/C11H22N2OS/c1-2-5-13-11(14)9-12-8-10-3-6-15-7-4-10/h10,12H,2-9H2,1H3,(H,13,14). The van der Waals surface area contributed by atoms with Crippen LogP contribution in [0.4, 0.5) is 0 Å². The minimum absolute atomic E-state index is 0.127. The summed E-state index contributed by atoms with van der Waals surface area (Å²) in [5.74, 6) is 3.48. The molecule has 2 N–H and O–H groups in total. The number of carbonyl (C=O) groups is 1. The Balaban J connectivity index is 1.97. The van der Waals surface area contributed by atoms with Crippen LogP contribution in [-0.2, 0) is 4.79 Å². The van der Waals surface area contributed by atoms with E-state index in [9.17, 15) is 4.79 Å². The Hall–Kier alpha value is -0.220. The maximum atomic E-state index is 11.3. The van der Waals surface area contributed by atoms with Crippen molar-refractivity contribution in [3.8, 4) is 0 Å². The molecule has 1 fully saturated rings. The minimum Gasteiger partial charge on any atom is -0.355 e. The molecule has 3 nitrogen and oxygen atoms in total. The van der Waals surface area contributed by atoms with Crippen molar-refractivity contribution < 1.29 is 4.79 Å². The number of hydrogen-bond acceptors (Lipinski definition) is 3. The van der Waals surface area contributed by atoms with Crippen LogP contribution < -0.4 is 10.6 Å². The van der Waals surface area contributed by atoms with E-state index in [1.807, 2.05) is 11.8 Å². The van der Waals surface area contributed by atoms with Crippen LogP contribution >= 0.6 is 11.8 Å². The number of thioether (sulfide) groups is 1. The summed E-state index contributed by atoms with van der Waals surface area (Å²) in [6.07, 6.45) is 3.61. The van der Waals surface area contributed by atoms with Crippen LogP contribution in [0.5, 0.6) is 0 Å². The van der Waals surface area contributed by atoms with Gasteiger partial charge in [0.25, 0.3) is 0 Å². The van der Waals surface area contributed by atoms with Crippen molar-refractivity contribution in [2.45, 2.75) is 26.2 Å². The first-order valence-electron chi connectivity index (χ1n) is 5.88. The molecule has 0 aromatic heterocycles. The van der Waals surface area contributed by atoms with E-state index >= 15 is 0 Å². The van der Waals surface area contributed by atoms with Crippen LogP contribution in [0.15, 0.2) is 0 Å². The van der Waals surface area contributed by atoms with E-state index in [2.05, 4.69) is 17.6 Å². The monoisotopic (exact) mass is 230 g/mol. The van der Waals surface area contributed by atoms with E-state index < -0.39 is 0 Å². The van der Waals surface area contributed by atoms with Gasteiger partial charge >= 0.3 is 0 Å². The topological polar surface area (TPSA) is 41.1 Å². The molecule has 0 bridgehead atoms. The van der Waals surface area contributed by atoms with Gasteiger partial charge in [0.05, 0.1) is 6.54 Å². The normalized spacial score (nSPS) is 17.7. The molecular weight excluding hydrogens is 208 g/mol. The third kappa shape index (κ3) is 6.05. The van der Waals surface area contributed by atoms with Crippen molar-refractivity contribution in [1.29, 1.82) is 0 Å². The number of hydrogen-bond donors (Lipinski definition) is 2. The van der Waals surface area contributed by atoms with Gasteiger partial charge in [0.1, 0.15) is 0 Å². The maximum absolute atomic E-state index is 11.3. The van der Waals surface area contributed by atoms with Gasteiger partial charge in [-0.1, -0.05) is 6.92 Å². The predicted molar refractivity (Wildman–Crippen MR) is 66.2 cm³/mol. The SMILES string of the molecule is CCCNC(=O)CNCC1CCSCC1. The molecule has 88 valence electrons. The zero-order chi connectivity index (χ0) is 10.9. The highest BCUT2D eigenvalue weighted by molar-refractivity contribution is 7.99. The Morgan fingerprint density at radius 3 is 2.80 bits per heavy atom. The highest BCUT2D eigenvalue weighted by Crippen LogP contribution is 2.21. The van der Waals surface area contributed by atoms with Crippen molar-refractivity contribution >= 4 is 17.7 Å². The van der Waals surface area contributed by atoms with Crippen LogP contribution in [0.1, 0.15) is 26.2 Å². The van der Waals surface area contributed by atoms with Gasteiger partial charge in [0.15, 0.2) is 0 Å². The zero-order valence-corrected chi connectivity index (χ0v) is 10.4. The van der Waals surface area contributed by atoms with Crippen LogP contribution in [-0.4, -0.2) is 37.0 Å². The molecule has 0 aromatic rings. The molecule has 0 unspecified atom stereocenters. The van der Waals surface area contributed by atoms with Crippen LogP contribution in [0.25, 0.3) is 0 Å². The van der Waals surface area contributed by atoms with Gasteiger partial charge in [-0.15, -0.1) is 0 Å². The molecule has 1 heterocycles. The second-order valence-corrected chi connectivity index (χ2v) is 5.26. The van der Waals surface area contributed by atoms with E-state index in [0.717, 1.165) is 25.4 Å². The van der Waals surface area contributed by atoms with Crippen LogP contribution in [0, 0.1) is 5.92 Å². The fourth-order valence-corrected chi connectivity index (χ4v) is 2.87. The van der Waals surface area contributed by atoms with Gasteiger partial charge < -0.3 is 10.6 Å². The molecule has 1 saturated heterocycles. The Labute approximate surface area is 96.8 Å². The Bertz CT molecular complexity index is 181. The molecule has 0 spiro atoms. The highest BCUT2D eigenvalue weighted by Gasteiger charge is 2.13. The molecule has 0 aromatic carbocycles. The minimum atomic E-state index is 0.127. The van der Waals surface area contributed by atoms with Gasteiger partial charge in [-0.3, -0.25) is 4.79 Å². The number of rotatable bonds is 6. The van der Waals surface area contributed by atoms with Gasteiger partial charge in [-0.05, 0) is 43.2 Å². The lowest BCUT2D eigenvalue weighted by Crippen LogP contribution is -2.36. The molecule has 1 aliphatic rings. The van der Waals surface area contributed by atoms with Gasteiger partial charge in [0, 0.05) is 6.54 Å². The lowest BCUT2D eigenvalue weighted by Gasteiger charge is -2.21. The third-order valence-corrected chi connectivity index (χ3v) is 3.68. The average molecular weight is 230 g/mol. The van der Waals surface area contributed by atoms with Crippen molar-refractivity contribution in [2.24, 2.45) is 5.92 Å². The molecule has 0 radical (unpaired) electrons. The van der Waals surface area contributed by atoms with Crippen molar-refractivity contribution in [1.82, 2.24) is 10.6 Å². The maximum Gasteiger partial charge on any atom is 0.233 e. The summed E-state index contributed by atoms with van der Waals surface area (Å²) in [5, 5.41) is 6.11. The molecule has 1 amide bonds. The van der Waals surface area contributed by atoms with Crippen molar-refractivity contribution in [3.05, 3.63) is 0 Å². The number of nitrogens with one attached hydrogen (secondary N) is 2. The summed E-state index contributed by atoms with van der Waals surface area (Å²) >= 11 is 2.04. The average Bonchev–Trinajstić information content (AvgIpc) is 2.28. The molecule has 0 atom stereocenters. The lowest BCUT2D eigenvalue weighted by atomic mass is 10.0. The largest absolute Gasteiger partial charge is 0.355 e. The van der Waals surface area contributed by atoms with E-state index in [-0.39, 0.29) is 5.91 Å². The molecule has 4 heteroatoms. The molecular formula is C11H22N2OS. The molecule has 0 aliphatic carbocycles. The van der Waals surface area contributed by atoms with E-state index in [4.69, 9.17) is 0 Å². The number of amides is 1. The summed E-state index contributed by atoms with van der Waals surface area (Å²) in [5.41, 5.74) is 0. The van der Waals surface area contributed by atoms with Crippen molar-refractivity contribution in [3.63, 3.8) is 0 Å². The quantitative estimate of drug-likeness (QED) is 0.721. The molecule has 1 rings (SSSR count). The van der Waals surface area contributed by atoms with Crippen molar-refractivity contribution in [2.75, 3.05) is 31.1 Å². The highest BCUT2D eigenvalue weighted by atomic mass is 32.2. The van der Waals surface area contributed by atoms with Gasteiger partial charge in [-0.25, -0.2) is 0 Å². The first-order valence-corrected chi connectivity index (χ1v) is 7.03. The lowest BCUT2D eigenvalue weighted by molar-refractivity contribution is -0.120. The second-order valence-electron chi connectivity index (χ2n) is 4.04. The molecule has 1 aliphatic heterocycles. The fraction of sp³-hybridized carbons (Fsp3) is 0.909. The first-order chi connectivity index (χ1) is 7.33. The van der Waals surface area contributed by atoms with Crippen LogP contribution in [0.2, 0.25) is 0 Å². The van der Waals surface area contributed by atoms with Gasteiger partial charge in [-0.2, -0.15) is 11.8 Å². The summed E-state index contributed by atoms with van der Waals surface area (Å²) in [7, 11) is 0. The smallest absolute Gasteiger partial charge is 0.233 e. The Kier molecular flexibility index (Phi) is 6.85. The third-order valence-electron chi connectivity index (χ3n) is 2.63.